The molecule has 0 aliphatic rings. The van der Waals surface area contributed by atoms with E-state index in [4.69, 9.17) is 14.2 Å². The van der Waals surface area contributed by atoms with Crippen LogP contribution in [0.3, 0.4) is 0 Å². The van der Waals surface area contributed by atoms with Crippen molar-refractivity contribution >= 4 is 17.7 Å². The van der Waals surface area contributed by atoms with Gasteiger partial charge < -0.3 is 19.1 Å². The lowest BCUT2D eigenvalue weighted by Crippen LogP contribution is -2.17. The first kappa shape index (κ1) is 27.0. The van der Waals surface area contributed by atoms with E-state index in [9.17, 15) is 4.79 Å². The van der Waals surface area contributed by atoms with E-state index in [1.807, 2.05) is 56.8 Å². The van der Waals surface area contributed by atoms with Crippen molar-refractivity contribution in [3.8, 4) is 16.9 Å². The summed E-state index contributed by atoms with van der Waals surface area (Å²) in [6, 6.07) is 14.3. The summed E-state index contributed by atoms with van der Waals surface area (Å²) >= 11 is 0. The highest BCUT2D eigenvalue weighted by atomic mass is 16.5. The zero-order valence-electron chi connectivity index (χ0n) is 21.8. The van der Waals surface area contributed by atoms with Gasteiger partial charge in [-0.15, -0.1) is 0 Å². The lowest BCUT2D eigenvalue weighted by molar-refractivity contribution is -0.137. The molecule has 192 valence electrons. The van der Waals surface area contributed by atoms with E-state index in [1.165, 1.54) is 6.08 Å². The molecular formula is C29H37N3O4. The summed E-state index contributed by atoms with van der Waals surface area (Å²) in [5, 5.41) is 4.26. The summed E-state index contributed by atoms with van der Waals surface area (Å²) < 4.78 is 18.2. The van der Waals surface area contributed by atoms with Crippen LogP contribution in [0.2, 0.25) is 0 Å². The minimum atomic E-state index is -0.357. The number of esters is 1. The zero-order chi connectivity index (χ0) is 25.8. The summed E-state index contributed by atoms with van der Waals surface area (Å²) in [6.45, 7) is 6.88. The maximum atomic E-state index is 12.0. The van der Waals surface area contributed by atoms with Crippen LogP contribution in [0.5, 0.6) is 5.75 Å². The fourth-order valence-electron chi connectivity index (χ4n) is 3.79. The molecule has 0 saturated heterocycles. The molecule has 0 aliphatic carbocycles. The number of anilines is 1. The summed E-state index contributed by atoms with van der Waals surface area (Å²) in [7, 11) is 3.94. The molecule has 0 saturated carbocycles. The van der Waals surface area contributed by atoms with Gasteiger partial charge in [-0.1, -0.05) is 31.5 Å². The minimum absolute atomic E-state index is 0.344. The van der Waals surface area contributed by atoms with E-state index >= 15 is 0 Å². The molecule has 7 nitrogen and oxygen atoms in total. The average molecular weight is 492 g/mol. The Morgan fingerprint density at radius 3 is 2.53 bits per heavy atom. The highest BCUT2D eigenvalue weighted by Crippen LogP contribution is 2.30. The predicted octanol–water partition coefficient (Wildman–Crippen LogP) is 5.50. The van der Waals surface area contributed by atoms with Gasteiger partial charge in [0.05, 0.1) is 19.4 Å². The highest BCUT2D eigenvalue weighted by Gasteiger charge is 2.11. The third-order valence-electron chi connectivity index (χ3n) is 5.63. The van der Waals surface area contributed by atoms with Gasteiger partial charge in [-0.05, 0) is 60.4 Å². The largest absolute Gasteiger partial charge is 0.491 e. The third-order valence-corrected chi connectivity index (χ3v) is 5.63. The predicted molar refractivity (Wildman–Crippen MR) is 144 cm³/mol. The molecule has 0 aliphatic heterocycles. The van der Waals surface area contributed by atoms with E-state index < -0.39 is 0 Å². The molecule has 3 aromatic rings. The van der Waals surface area contributed by atoms with Crippen LogP contribution in [0.1, 0.15) is 37.8 Å². The molecule has 0 radical (unpaired) electrons. The lowest BCUT2D eigenvalue weighted by atomic mass is 10.0. The number of unbranched alkanes of at least 4 members (excludes halogenated alkanes) is 1. The van der Waals surface area contributed by atoms with Crippen molar-refractivity contribution in [2.75, 3.05) is 38.4 Å². The van der Waals surface area contributed by atoms with Crippen LogP contribution in [0.15, 0.2) is 60.9 Å². The minimum Gasteiger partial charge on any atom is -0.491 e. The highest BCUT2D eigenvalue weighted by molar-refractivity contribution is 5.89. The van der Waals surface area contributed by atoms with Gasteiger partial charge in [-0.2, -0.15) is 5.10 Å². The average Bonchev–Trinajstić information content (AvgIpc) is 3.29. The van der Waals surface area contributed by atoms with Crippen LogP contribution < -0.4 is 9.64 Å². The Kier molecular flexibility index (Phi) is 10.6. The number of hydrogen-bond acceptors (Lipinski definition) is 6. The van der Waals surface area contributed by atoms with Crippen LogP contribution in [-0.2, 0) is 27.9 Å². The van der Waals surface area contributed by atoms with Crippen LogP contribution in [0.4, 0.5) is 5.69 Å². The Labute approximate surface area is 214 Å². The van der Waals surface area contributed by atoms with Crippen LogP contribution in [-0.4, -0.2) is 49.2 Å². The van der Waals surface area contributed by atoms with Gasteiger partial charge in [0.15, 0.2) is 0 Å². The molecule has 0 amide bonds. The van der Waals surface area contributed by atoms with Gasteiger partial charge in [0.1, 0.15) is 12.4 Å². The van der Waals surface area contributed by atoms with Crippen LogP contribution in [0, 0.1) is 0 Å². The Morgan fingerprint density at radius 2 is 1.83 bits per heavy atom. The van der Waals surface area contributed by atoms with Crippen molar-refractivity contribution in [3.63, 3.8) is 0 Å². The number of ether oxygens (including phenoxy) is 3. The lowest BCUT2D eigenvalue weighted by Gasteiger charge is -2.22. The number of aromatic nitrogens is 2. The van der Waals surface area contributed by atoms with E-state index in [-0.39, 0.29) is 5.97 Å². The normalized spacial score (nSPS) is 11.1. The smallest absolute Gasteiger partial charge is 0.330 e. The number of carbonyl (C=O) groups is 1. The first-order chi connectivity index (χ1) is 17.5. The molecule has 2 aromatic carbocycles. The van der Waals surface area contributed by atoms with Crippen molar-refractivity contribution in [1.82, 2.24) is 9.78 Å². The topological polar surface area (TPSA) is 65.8 Å². The molecule has 0 atom stereocenters. The monoisotopic (exact) mass is 491 g/mol. The van der Waals surface area contributed by atoms with Gasteiger partial charge in [-0.25, -0.2) is 4.79 Å². The third kappa shape index (κ3) is 8.27. The van der Waals surface area contributed by atoms with Crippen molar-refractivity contribution in [2.45, 2.75) is 33.2 Å². The Balaban J connectivity index is 1.75. The van der Waals surface area contributed by atoms with Gasteiger partial charge in [0.25, 0.3) is 0 Å². The van der Waals surface area contributed by atoms with Gasteiger partial charge in [0.2, 0.25) is 0 Å². The van der Waals surface area contributed by atoms with Crippen molar-refractivity contribution < 1.29 is 19.0 Å². The zero-order valence-corrected chi connectivity index (χ0v) is 21.8. The molecule has 0 spiro atoms. The van der Waals surface area contributed by atoms with Crippen LogP contribution >= 0.6 is 0 Å². The van der Waals surface area contributed by atoms with Crippen molar-refractivity contribution in [1.29, 1.82) is 0 Å². The maximum Gasteiger partial charge on any atom is 0.330 e. The molecular weight excluding hydrogens is 454 g/mol. The Morgan fingerprint density at radius 1 is 1.06 bits per heavy atom. The number of aryl methyl sites for hydroxylation is 1. The number of carbonyl (C=O) groups excluding carboxylic acids is 1. The molecule has 0 N–H and O–H groups in total. The number of hydrogen-bond donors (Lipinski definition) is 0. The molecule has 0 unspecified atom stereocenters. The van der Waals surface area contributed by atoms with Gasteiger partial charge in [0, 0.05) is 50.8 Å². The maximum absolute atomic E-state index is 12.0. The van der Waals surface area contributed by atoms with Crippen LogP contribution in [0.25, 0.3) is 17.2 Å². The number of benzene rings is 2. The van der Waals surface area contributed by atoms with Crippen molar-refractivity contribution in [2.24, 2.45) is 7.05 Å². The van der Waals surface area contributed by atoms with E-state index in [0.717, 1.165) is 53.1 Å². The molecule has 0 fully saturated rings. The standard InChI is InChI=1S/C29H37N3O4/c1-5-7-16-34-17-18-36-27-12-8-24(9-13-27)25-10-14-28(26(19-25)11-15-29(33)35-6-2)31(3)21-23-20-30-32(4)22-23/h8-15,19-20,22H,5-7,16-18,21H2,1-4H3. The second-order valence-corrected chi connectivity index (χ2v) is 8.58. The van der Waals surface area contributed by atoms with E-state index in [2.05, 4.69) is 35.1 Å². The summed E-state index contributed by atoms with van der Waals surface area (Å²) in [4.78, 5) is 14.1. The van der Waals surface area contributed by atoms with Crippen molar-refractivity contribution in [3.05, 3.63) is 72.1 Å². The Hall–Kier alpha value is -3.58. The molecule has 0 bridgehead atoms. The van der Waals surface area contributed by atoms with Gasteiger partial charge in [-0.3, -0.25) is 4.68 Å². The fraction of sp³-hybridized carbons (Fsp3) is 0.379. The molecule has 7 heteroatoms. The number of nitrogens with zero attached hydrogens (tertiary/aromatic N) is 3. The summed E-state index contributed by atoms with van der Waals surface area (Å²) in [6.07, 6.45) is 9.35. The quantitative estimate of drug-likeness (QED) is 0.169. The first-order valence-corrected chi connectivity index (χ1v) is 12.5. The number of rotatable bonds is 14. The van der Waals surface area contributed by atoms with E-state index in [1.54, 1.807) is 11.6 Å². The second kappa shape index (κ2) is 14.1. The molecule has 1 aromatic heterocycles. The summed E-state index contributed by atoms with van der Waals surface area (Å²) in [5.41, 5.74) is 5.15. The summed E-state index contributed by atoms with van der Waals surface area (Å²) in [5.74, 6) is 0.456. The second-order valence-electron chi connectivity index (χ2n) is 8.58. The fourth-order valence-corrected chi connectivity index (χ4v) is 3.79. The van der Waals surface area contributed by atoms with E-state index in [0.29, 0.717) is 26.4 Å². The molecule has 36 heavy (non-hydrogen) atoms. The molecule has 1 heterocycles. The molecule has 3 rings (SSSR count). The SMILES string of the molecule is CCCCOCCOc1ccc(-c2ccc(N(C)Cc3cnn(C)c3)c(C=CC(=O)OCC)c2)cc1. The van der Waals surface area contributed by atoms with Gasteiger partial charge >= 0.3 is 5.97 Å². The Bertz CT molecular complexity index is 1120. The first-order valence-electron chi connectivity index (χ1n) is 12.5.